The lowest BCUT2D eigenvalue weighted by atomic mass is 9.65. The predicted octanol–water partition coefficient (Wildman–Crippen LogP) is 3.57. The lowest BCUT2D eigenvalue weighted by molar-refractivity contribution is -0.122. The summed E-state index contributed by atoms with van der Waals surface area (Å²) in [6.07, 6.45) is 3.64. The van der Waals surface area contributed by atoms with E-state index >= 15 is 0 Å². The quantitative estimate of drug-likeness (QED) is 0.849. The first-order valence-corrected chi connectivity index (χ1v) is 9.27. The van der Waals surface area contributed by atoms with Gasteiger partial charge in [-0.2, -0.15) is 5.10 Å². The molecule has 1 aromatic heterocycles. The van der Waals surface area contributed by atoms with E-state index in [9.17, 15) is 13.6 Å². The van der Waals surface area contributed by atoms with Gasteiger partial charge in [-0.25, -0.2) is 8.78 Å². The molecule has 5 nitrogen and oxygen atoms in total. The van der Waals surface area contributed by atoms with Crippen LogP contribution >= 0.6 is 0 Å². The molecule has 2 unspecified atom stereocenters. The molecule has 1 amide bonds. The second-order valence-electron chi connectivity index (χ2n) is 8.03. The van der Waals surface area contributed by atoms with Gasteiger partial charge in [-0.15, -0.1) is 0 Å². The molecule has 2 atom stereocenters. The number of nitrogens with zero attached hydrogens (tertiary/aromatic N) is 2. The number of rotatable bonds is 5. The Morgan fingerprint density at radius 1 is 1.36 bits per heavy atom. The van der Waals surface area contributed by atoms with Crippen LogP contribution in [-0.4, -0.2) is 21.7 Å². The number of carbonyl (C=O) groups excluding carboxylic acids is 1. The Labute approximate surface area is 147 Å². The van der Waals surface area contributed by atoms with Crippen LogP contribution in [0.3, 0.4) is 0 Å². The number of aromatic nitrogens is 2. The number of carbonyl (C=O) groups is 1. The summed E-state index contributed by atoms with van der Waals surface area (Å²) in [5.74, 6) is 0.722. The number of halogens is 2. The molecule has 0 aliphatic heterocycles. The molecule has 2 bridgehead atoms. The number of anilines is 1. The predicted molar refractivity (Wildman–Crippen MR) is 92.2 cm³/mol. The van der Waals surface area contributed by atoms with Crippen molar-refractivity contribution >= 4 is 11.6 Å². The zero-order chi connectivity index (χ0) is 18.1. The summed E-state index contributed by atoms with van der Waals surface area (Å²) in [6, 6.07) is 0.184. The van der Waals surface area contributed by atoms with Crippen molar-refractivity contribution in [3.63, 3.8) is 0 Å². The lowest BCUT2D eigenvalue weighted by Crippen LogP contribution is -2.48. The van der Waals surface area contributed by atoms with Crippen LogP contribution in [0.25, 0.3) is 0 Å². The Morgan fingerprint density at radius 2 is 2.00 bits per heavy atom. The van der Waals surface area contributed by atoms with Gasteiger partial charge >= 0.3 is 0 Å². The van der Waals surface area contributed by atoms with Gasteiger partial charge in [0.1, 0.15) is 0 Å². The maximum atomic E-state index is 13.3. The number of hydrogen-bond donors (Lipinski definition) is 2. The van der Waals surface area contributed by atoms with E-state index in [0.29, 0.717) is 18.4 Å². The van der Waals surface area contributed by atoms with Gasteiger partial charge in [0, 0.05) is 24.7 Å². The fourth-order valence-electron chi connectivity index (χ4n) is 4.40. The molecule has 0 spiro atoms. The molecule has 7 heteroatoms. The van der Waals surface area contributed by atoms with Crippen LogP contribution in [0.5, 0.6) is 0 Å². The monoisotopic (exact) mass is 354 g/mol. The van der Waals surface area contributed by atoms with Crippen LogP contribution in [0.2, 0.25) is 0 Å². The molecule has 3 N–H and O–H groups in total. The van der Waals surface area contributed by atoms with Crippen molar-refractivity contribution in [1.29, 1.82) is 0 Å². The number of alkyl halides is 2. The zero-order valence-electron chi connectivity index (χ0n) is 14.9. The molecule has 2 aliphatic carbocycles. The van der Waals surface area contributed by atoms with E-state index in [1.807, 2.05) is 13.8 Å². The largest absolute Gasteiger partial charge is 0.327 e. The summed E-state index contributed by atoms with van der Waals surface area (Å²) >= 11 is 0. The van der Waals surface area contributed by atoms with Gasteiger partial charge in [-0.1, -0.05) is 20.3 Å². The third-order valence-corrected chi connectivity index (χ3v) is 5.59. The minimum atomic E-state index is -2.71. The molecular weight excluding hydrogens is 326 g/mol. The second kappa shape index (κ2) is 7.40. The highest BCUT2D eigenvalue weighted by Gasteiger charge is 2.40. The van der Waals surface area contributed by atoms with Gasteiger partial charge in [0.15, 0.2) is 5.69 Å². The van der Waals surface area contributed by atoms with Crippen LogP contribution in [-0.2, 0) is 11.3 Å². The number of nitrogens with one attached hydrogen (secondary N) is 1. The number of fused-ring (bicyclic) bond motifs is 2. The molecule has 2 aliphatic rings. The minimum absolute atomic E-state index is 0.140. The smallest absolute Gasteiger partial charge is 0.284 e. The van der Waals surface area contributed by atoms with Gasteiger partial charge < -0.3 is 11.1 Å². The van der Waals surface area contributed by atoms with E-state index < -0.39 is 6.43 Å². The fraction of sp³-hybridized carbons (Fsp3) is 0.778. The van der Waals surface area contributed by atoms with Crippen LogP contribution in [0.4, 0.5) is 14.5 Å². The van der Waals surface area contributed by atoms with Crippen molar-refractivity contribution in [1.82, 2.24) is 9.78 Å². The standard InChI is InChI=1S/C18H28F2N4O/c1-10(2)8-24-9-14(16(23-24)17(19)20)22-18(25)13-6-11-4-3-5-12(7-13)15(11)21/h9-13,15,17H,3-8,21H2,1-2H3,(H,22,25). The van der Waals surface area contributed by atoms with E-state index in [-0.39, 0.29) is 35.2 Å². The average molecular weight is 354 g/mol. The van der Waals surface area contributed by atoms with E-state index in [0.717, 1.165) is 25.7 Å². The van der Waals surface area contributed by atoms with Crippen molar-refractivity contribution in [2.24, 2.45) is 29.4 Å². The first kappa shape index (κ1) is 18.3. The van der Waals surface area contributed by atoms with E-state index in [2.05, 4.69) is 10.4 Å². The Hall–Kier alpha value is -1.50. The highest BCUT2D eigenvalue weighted by atomic mass is 19.3. The number of amides is 1. The third kappa shape index (κ3) is 4.02. The molecule has 3 rings (SSSR count). The number of hydrogen-bond acceptors (Lipinski definition) is 3. The summed E-state index contributed by atoms with van der Waals surface area (Å²) in [6.45, 7) is 4.52. The van der Waals surface area contributed by atoms with Gasteiger partial charge in [-0.05, 0) is 43.4 Å². The number of nitrogens with two attached hydrogens (primary N) is 1. The van der Waals surface area contributed by atoms with E-state index in [1.165, 1.54) is 17.3 Å². The van der Waals surface area contributed by atoms with Gasteiger partial charge in [0.25, 0.3) is 6.43 Å². The van der Waals surface area contributed by atoms with Crippen LogP contribution in [0, 0.1) is 23.7 Å². The maximum Gasteiger partial charge on any atom is 0.284 e. The third-order valence-electron chi connectivity index (χ3n) is 5.59. The minimum Gasteiger partial charge on any atom is -0.327 e. The van der Waals surface area contributed by atoms with Crippen LogP contribution in [0.1, 0.15) is 58.1 Å². The summed E-state index contributed by atoms with van der Waals surface area (Å²) in [5, 5.41) is 6.67. The Bertz CT molecular complexity index is 602. The SMILES string of the molecule is CC(C)Cn1cc(NC(=O)C2CC3CCCC(C2)C3N)c(C(F)F)n1. The summed E-state index contributed by atoms with van der Waals surface area (Å²) < 4.78 is 28.0. The molecule has 1 aromatic rings. The molecule has 1 heterocycles. The Balaban J connectivity index is 1.71. The maximum absolute atomic E-state index is 13.3. The highest BCUT2D eigenvalue weighted by molar-refractivity contribution is 5.93. The van der Waals surface area contributed by atoms with Crippen molar-refractivity contribution in [3.8, 4) is 0 Å². The van der Waals surface area contributed by atoms with Crippen molar-refractivity contribution in [2.45, 2.75) is 65.0 Å². The molecule has 0 radical (unpaired) electrons. The highest BCUT2D eigenvalue weighted by Crippen LogP contribution is 2.42. The van der Waals surface area contributed by atoms with Crippen molar-refractivity contribution < 1.29 is 13.6 Å². The van der Waals surface area contributed by atoms with Gasteiger partial charge in [-0.3, -0.25) is 9.48 Å². The van der Waals surface area contributed by atoms with E-state index in [1.54, 1.807) is 0 Å². The van der Waals surface area contributed by atoms with Crippen LogP contribution < -0.4 is 11.1 Å². The summed E-state index contributed by atoms with van der Waals surface area (Å²) in [5.41, 5.74) is 6.06. The zero-order valence-corrected chi connectivity index (χ0v) is 14.9. The van der Waals surface area contributed by atoms with E-state index in [4.69, 9.17) is 5.73 Å². The molecule has 25 heavy (non-hydrogen) atoms. The topological polar surface area (TPSA) is 72.9 Å². The van der Waals surface area contributed by atoms with Crippen molar-refractivity contribution in [3.05, 3.63) is 11.9 Å². The molecular formula is C18H28F2N4O. The molecule has 0 saturated heterocycles. The summed E-state index contributed by atoms with van der Waals surface area (Å²) in [7, 11) is 0. The lowest BCUT2D eigenvalue weighted by Gasteiger charge is -2.43. The molecule has 2 fully saturated rings. The first-order valence-electron chi connectivity index (χ1n) is 9.27. The van der Waals surface area contributed by atoms with Crippen molar-refractivity contribution in [2.75, 3.05) is 5.32 Å². The molecule has 140 valence electrons. The molecule has 2 saturated carbocycles. The summed E-state index contributed by atoms with van der Waals surface area (Å²) in [4.78, 5) is 12.7. The normalized spacial score (nSPS) is 29.2. The molecule has 0 aromatic carbocycles. The van der Waals surface area contributed by atoms with Gasteiger partial charge in [0.2, 0.25) is 5.91 Å². The second-order valence-corrected chi connectivity index (χ2v) is 8.03. The fourth-order valence-corrected chi connectivity index (χ4v) is 4.40. The van der Waals surface area contributed by atoms with Crippen LogP contribution in [0.15, 0.2) is 6.20 Å². The Kier molecular flexibility index (Phi) is 5.41. The van der Waals surface area contributed by atoms with Gasteiger partial charge in [0.05, 0.1) is 5.69 Å². The Morgan fingerprint density at radius 3 is 2.56 bits per heavy atom. The average Bonchev–Trinajstić information content (AvgIpc) is 2.88. The first-order chi connectivity index (χ1) is 11.8.